The molecule has 4 heterocycles. The van der Waals surface area contributed by atoms with Crippen LogP contribution >= 0.6 is 11.8 Å². The predicted molar refractivity (Wildman–Crippen MR) is 125 cm³/mol. The van der Waals surface area contributed by atoms with Crippen molar-refractivity contribution < 1.29 is 27.6 Å². The summed E-state index contributed by atoms with van der Waals surface area (Å²) in [5, 5.41) is 14.0. The number of alkyl halides is 3. The van der Waals surface area contributed by atoms with Gasteiger partial charge in [-0.15, -0.1) is 11.8 Å². The van der Waals surface area contributed by atoms with Crippen LogP contribution in [-0.2, 0) is 11.0 Å². The van der Waals surface area contributed by atoms with Crippen LogP contribution in [-0.4, -0.2) is 36.5 Å². The van der Waals surface area contributed by atoms with Crippen LogP contribution in [0.5, 0.6) is 0 Å². The lowest BCUT2D eigenvalue weighted by Gasteiger charge is -2.14. The van der Waals surface area contributed by atoms with Crippen LogP contribution in [0.25, 0.3) is 22.6 Å². The third-order valence-electron chi connectivity index (χ3n) is 5.87. The number of rotatable bonds is 4. The maximum Gasteiger partial charge on any atom is 0.416 e. The predicted octanol–water partition coefficient (Wildman–Crippen LogP) is 5.21. The molecule has 186 valence electrons. The maximum atomic E-state index is 13.0. The largest absolute Gasteiger partial charge is 0.480 e. The van der Waals surface area contributed by atoms with Crippen molar-refractivity contribution in [3.05, 3.63) is 76.6 Å². The Morgan fingerprint density at radius 2 is 2.03 bits per heavy atom. The molecule has 2 N–H and O–H groups in total. The fraction of sp³-hybridized carbons (Fsp3) is 0.250. The van der Waals surface area contributed by atoms with Gasteiger partial charge in [-0.3, -0.25) is 9.36 Å². The maximum absolute atomic E-state index is 13.0. The van der Waals surface area contributed by atoms with E-state index in [1.165, 1.54) is 40.6 Å². The van der Waals surface area contributed by atoms with Gasteiger partial charge in [0.1, 0.15) is 11.7 Å². The number of aromatic nitrogens is 4. The Bertz CT molecular complexity index is 1440. The molecule has 2 aliphatic rings. The van der Waals surface area contributed by atoms with Gasteiger partial charge in [0.05, 0.1) is 16.9 Å². The lowest BCUT2D eigenvalue weighted by Crippen LogP contribution is -2.29. The number of halogens is 3. The topological polar surface area (TPSA) is 114 Å². The Kier molecular flexibility index (Phi) is 6.20. The Hall–Kier alpha value is -3.80. The first-order valence-electron chi connectivity index (χ1n) is 11.0. The molecule has 0 bridgehead atoms. The highest BCUT2D eigenvalue weighted by molar-refractivity contribution is 7.99. The Labute approximate surface area is 206 Å². The number of hydrogen-bond acceptors (Lipinski definition) is 6. The summed E-state index contributed by atoms with van der Waals surface area (Å²) in [6.45, 7) is 0. The van der Waals surface area contributed by atoms with Crippen molar-refractivity contribution in [2.75, 3.05) is 5.75 Å². The van der Waals surface area contributed by atoms with Crippen LogP contribution in [0.15, 0.2) is 69.5 Å². The highest BCUT2D eigenvalue weighted by Gasteiger charge is 2.38. The molecule has 1 saturated carbocycles. The number of pyridine rings is 1. The van der Waals surface area contributed by atoms with Gasteiger partial charge in [-0.1, -0.05) is 17.3 Å². The Morgan fingerprint density at radius 1 is 1.22 bits per heavy atom. The van der Waals surface area contributed by atoms with E-state index in [1.807, 2.05) is 0 Å². The summed E-state index contributed by atoms with van der Waals surface area (Å²) in [4.78, 5) is 30.7. The van der Waals surface area contributed by atoms with E-state index in [2.05, 4.69) is 15.1 Å². The first kappa shape index (κ1) is 23.9. The first-order valence-corrected chi connectivity index (χ1v) is 11.9. The van der Waals surface area contributed by atoms with Crippen molar-refractivity contribution in [3.8, 4) is 22.6 Å². The summed E-state index contributed by atoms with van der Waals surface area (Å²) in [5.41, 5.74) is 0.586. The second-order valence-corrected chi connectivity index (χ2v) is 9.35. The minimum absolute atomic E-state index is 0.180. The van der Waals surface area contributed by atoms with E-state index in [1.54, 1.807) is 18.7 Å². The normalized spacial score (nSPS) is 16.8. The molecule has 3 aromatic heterocycles. The minimum Gasteiger partial charge on any atom is -0.480 e. The fourth-order valence-electron chi connectivity index (χ4n) is 4.05. The molecular weight excluding hydrogens is 497 g/mol. The smallest absolute Gasteiger partial charge is 0.416 e. The second-order valence-electron chi connectivity index (χ2n) is 8.34. The van der Waals surface area contributed by atoms with Crippen molar-refractivity contribution in [2.45, 2.75) is 36.0 Å². The Balaban J connectivity index is 0.000000477. The molecule has 8 nitrogen and oxygen atoms in total. The number of benzene rings is 1. The zero-order valence-electron chi connectivity index (χ0n) is 18.5. The molecule has 1 unspecified atom stereocenters. The summed E-state index contributed by atoms with van der Waals surface area (Å²) in [5.74, 6) is -0.345. The van der Waals surface area contributed by atoms with Crippen molar-refractivity contribution in [3.63, 3.8) is 0 Å². The molecule has 36 heavy (non-hydrogen) atoms. The van der Waals surface area contributed by atoms with Crippen LogP contribution < -0.4 is 5.56 Å². The number of carboxylic acids is 1. The number of hydrogen-bond donors (Lipinski definition) is 2. The third kappa shape index (κ3) is 4.68. The molecule has 12 heteroatoms. The van der Waals surface area contributed by atoms with Gasteiger partial charge in [-0.25, -0.2) is 9.78 Å². The van der Waals surface area contributed by atoms with Crippen molar-refractivity contribution in [1.29, 1.82) is 0 Å². The van der Waals surface area contributed by atoms with Gasteiger partial charge >= 0.3 is 12.1 Å². The van der Waals surface area contributed by atoms with Crippen molar-refractivity contribution in [2.24, 2.45) is 0 Å². The van der Waals surface area contributed by atoms with Crippen LogP contribution in [0.1, 0.15) is 35.9 Å². The monoisotopic (exact) mass is 516 g/mol. The number of carboxylic acid groups (broad SMARTS) is 1. The molecule has 0 amide bonds. The van der Waals surface area contributed by atoms with E-state index < -0.39 is 29.3 Å². The summed E-state index contributed by atoms with van der Waals surface area (Å²) < 4.78 is 45.9. The highest BCUT2D eigenvalue weighted by Crippen LogP contribution is 2.50. The lowest BCUT2D eigenvalue weighted by molar-refractivity contribution is -0.140. The number of imidazole rings is 1. The molecular formula is C24H19F3N4O4S. The summed E-state index contributed by atoms with van der Waals surface area (Å²) in [7, 11) is 0. The van der Waals surface area contributed by atoms with E-state index in [0.717, 1.165) is 30.5 Å². The molecule has 4 aromatic rings. The van der Waals surface area contributed by atoms with Gasteiger partial charge in [-0.2, -0.15) is 13.2 Å². The van der Waals surface area contributed by atoms with Gasteiger partial charge in [-0.05, 0) is 36.5 Å². The number of nitrogens with one attached hydrogen (secondary N) is 1. The van der Waals surface area contributed by atoms with E-state index >= 15 is 0 Å². The Morgan fingerprint density at radius 3 is 2.64 bits per heavy atom. The molecule has 1 aromatic carbocycles. The molecule has 6 rings (SSSR count). The SMILES string of the molecule is O=C(O)C1CSc2c(C3CC3)c(-c3cc(-c4cccc(C(F)(F)F)c4)no3)cc(=O)n21.c1c[nH]cn1. The number of fused-ring (bicyclic) bond motifs is 1. The van der Waals surface area contributed by atoms with E-state index in [9.17, 15) is 27.9 Å². The molecule has 1 atom stereocenters. The summed E-state index contributed by atoms with van der Waals surface area (Å²) >= 11 is 1.33. The number of nitrogens with zero attached hydrogens (tertiary/aromatic N) is 3. The summed E-state index contributed by atoms with van der Waals surface area (Å²) in [6, 6.07) is 6.71. The third-order valence-corrected chi connectivity index (χ3v) is 7.04. The zero-order valence-corrected chi connectivity index (χ0v) is 19.3. The van der Waals surface area contributed by atoms with Gasteiger partial charge in [0.15, 0.2) is 5.76 Å². The van der Waals surface area contributed by atoms with Crippen molar-refractivity contribution in [1.82, 2.24) is 19.7 Å². The van der Waals surface area contributed by atoms with Crippen molar-refractivity contribution >= 4 is 17.7 Å². The molecule has 0 spiro atoms. The van der Waals surface area contributed by atoms with Gasteiger partial charge in [0.2, 0.25) is 0 Å². The summed E-state index contributed by atoms with van der Waals surface area (Å²) in [6.07, 6.45) is 2.42. The standard InChI is InChI=1S/C21H15F3N2O4S.C3H4N2/c22-21(23,24)12-3-1-2-11(6-12)14-8-16(30-25-14)13-7-17(27)26-15(20(28)29)9-31-19(26)18(13)10-4-5-10;1-2-5-3-4-1/h1-3,6-8,10,15H,4-5,9H2,(H,28,29);1-3H,(H,4,5). The molecule has 0 radical (unpaired) electrons. The number of aromatic amines is 1. The van der Waals surface area contributed by atoms with Crippen LogP contribution in [0.4, 0.5) is 13.2 Å². The lowest BCUT2D eigenvalue weighted by atomic mass is 10.0. The van der Waals surface area contributed by atoms with E-state index in [4.69, 9.17) is 4.52 Å². The zero-order chi connectivity index (χ0) is 25.4. The molecule has 1 fully saturated rings. The quantitative estimate of drug-likeness (QED) is 0.383. The number of carbonyl (C=O) groups is 1. The highest BCUT2D eigenvalue weighted by atomic mass is 32.2. The van der Waals surface area contributed by atoms with Gasteiger partial charge < -0.3 is 14.6 Å². The number of aliphatic carboxylic acids is 1. The average Bonchev–Trinajstić information content (AvgIpc) is 3.29. The minimum atomic E-state index is -4.48. The fourth-order valence-corrected chi connectivity index (χ4v) is 5.45. The van der Waals surface area contributed by atoms with Gasteiger partial charge in [0, 0.05) is 41.4 Å². The van der Waals surface area contributed by atoms with Crippen LogP contribution in [0, 0.1) is 0 Å². The average molecular weight is 517 g/mol. The first-order chi connectivity index (χ1) is 17.2. The molecule has 1 aliphatic heterocycles. The number of thioether (sulfide) groups is 1. The van der Waals surface area contributed by atoms with E-state index in [0.29, 0.717) is 10.6 Å². The van der Waals surface area contributed by atoms with E-state index in [-0.39, 0.29) is 28.7 Å². The molecule has 0 saturated heterocycles. The second kappa shape index (κ2) is 9.34. The van der Waals surface area contributed by atoms with Crippen LogP contribution in [0.3, 0.4) is 0 Å². The van der Waals surface area contributed by atoms with Crippen LogP contribution in [0.2, 0.25) is 0 Å². The number of H-pyrrole nitrogens is 1. The van der Waals surface area contributed by atoms with Gasteiger partial charge in [0.25, 0.3) is 5.56 Å². The molecule has 1 aliphatic carbocycles.